The van der Waals surface area contributed by atoms with Crippen molar-refractivity contribution >= 4 is 17.4 Å². The molecule has 16 heavy (non-hydrogen) atoms. The highest BCUT2D eigenvalue weighted by Crippen LogP contribution is 2.21. The summed E-state index contributed by atoms with van der Waals surface area (Å²) in [5.74, 6) is 0.524. The standard InChI is InChI=1S/C9H12ClN3O3/c10-7-2-8(12-4-11-7)13-9-1-5(15)6(3-14)16-9/h2,4-6,9,14-15H,1,3H2,(H,11,12,13)/t5-,6+,9+/m0/s1. The number of aromatic nitrogens is 2. The topological polar surface area (TPSA) is 87.5 Å². The Morgan fingerprint density at radius 3 is 3.00 bits per heavy atom. The van der Waals surface area contributed by atoms with Crippen molar-refractivity contribution < 1.29 is 14.9 Å². The molecule has 0 aliphatic carbocycles. The molecule has 0 spiro atoms. The molecule has 1 fully saturated rings. The second kappa shape index (κ2) is 4.92. The highest BCUT2D eigenvalue weighted by molar-refractivity contribution is 6.29. The summed E-state index contributed by atoms with van der Waals surface area (Å²) in [4.78, 5) is 7.69. The molecule has 1 aliphatic heterocycles. The predicted molar refractivity (Wildman–Crippen MR) is 57.0 cm³/mol. The van der Waals surface area contributed by atoms with Crippen molar-refractivity contribution in [3.63, 3.8) is 0 Å². The number of rotatable bonds is 3. The number of halogens is 1. The highest BCUT2D eigenvalue weighted by Gasteiger charge is 2.33. The third-order valence-electron chi connectivity index (χ3n) is 2.35. The summed E-state index contributed by atoms with van der Waals surface area (Å²) < 4.78 is 5.35. The van der Waals surface area contributed by atoms with E-state index >= 15 is 0 Å². The zero-order valence-electron chi connectivity index (χ0n) is 8.38. The molecule has 3 N–H and O–H groups in total. The lowest BCUT2D eigenvalue weighted by Crippen LogP contribution is -2.25. The first-order valence-corrected chi connectivity index (χ1v) is 5.25. The number of nitrogens with zero attached hydrogens (tertiary/aromatic N) is 2. The van der Waals surface area contributed by atoms with Gasteiger partial charge >= 0.3 is 0 Å². The van der Waals surface area contributed by atoms with Crippen molar-refractivity contribution in [3.05, 3.63) is 17.5 Å². The number of hydrogen-bond acceptors (Lipinski definition) is 6. The average Bonchev–Trinajstić information content (AvgIpc) is 2.58. The van der Waals surface area contributed by atoms with Gasteiger partial charge in [-0.15, -0.1) is 0 Å². The third-order valence-corrected chi connectivity index (χ3v) is 2.55. The molecule has 6 nitrogen and oxygen atoms in total. The summed E-state index contributed by atoms with van der Waals surface area (Å²) in [6.07, 6.45) is 0.139. The van der Waals surface area contributed by atoms with Crippen LogP contribution in [0.1, 0.15) is 6.42 Å². The molecule has 3 atom stereocenters. The van der Waals surface area contributed by atoms with E-state index < -0.39 is 12.2 Å². The Hall–Kier alpha value is -0.950. The van der Waals surface area contributed by atoms with E-state index in [9.17, 15) is 5.11 Å². The van der Waals surface area contributed by atoms with Crippen molar-refractivity contribution in [2.75, 3.05) is 11.9 Å². The number of ether oxygens (including phenoxy) is 1. The summed E-state index contributed by atoms with van der Waals surface area (Å²) in [5, 5.41) is 21.7. The maximum atomic E-state index is 9.51. The Kier molecular flexibility index (Phi) is 3.55. The van der Waals surface area contributed by atoms with Gasteiger partial charge in [0.15, 0.2) is 0 Å². The second-order valence-electron chi connectivity index (χ2n) is 3.52. The molecule has 1 aromatic heterocycles. The van der Waals surface area contributed by atoms with Gasteiger partial charge in [0.25, 0.3) is 0 Å². The van der Waals surface area contributed by atoms with Gasteiger partial charge in [-0.1, -0.05) is 11.6 Å². The van der Waals surface area contributed by atoms with E-state index in [0.717, 1.165) is 0 Å². The van der Waals surface area contributed by atoms with Gasteiger partial charge in [-0.2, -0.15) is 0 Å². The highest BCUT2D eigenvalue weighted by atomic mass is 35.5. The van der Waals surface area contributed by atoms with Gasteiger partial charge in [0.1, 0.15) is 29.6 Å². The van der Waals surface area contributed by atoms with Gasteiger partial charge in [-0.3, -0.25) is 0 Å². The van der Waals surface area contributed by atoms with E-state index in [2.05, 4.69) is 15.3 Å². The molecule has 2 heterocycles. The quantitative estimate of drug-likeness (QED) is 0.651. The van der Waals surface area contributed by atoms with Crippen molar-refractivity contribution in [2.24, 2.45) is 0 Å². The first kappa shape index (κ1) is 11.5. The minimum atomic E-state index is -0.667. The first-order valence-electron chi connectivity index (χ1n) is 4.87. The largest absolute Gasteiger partial charge is 0.394 e. The smallest absolute Gasteiger partial charge is 0.134 e. The predicted octanol–water partition coefficient (Wildman–Crippen LogP) is 0.0101. The number of aliphatic hydroxyl groups excluding tert-OH is 2. The summed E-state index contributed by atoms with van der Waals surface area (Å²) in [6.45, 7) is -0.204. The van der Waals surface area contributed by atoms with Crippen LogP contribution in [0.5, 0.6) is 0 Å². The number of hydrogen-bond donors (Lipinski definition) is 3. The van der Waals surface area contributed by atoms with Crippen LogP contribution in [0.3, 0.4) is 0 Å². The zero-order valence-corrected chi connectivity index (χ0v) is 9.13. The van der Waals surface area contributed by atoms with Crippen LogP contribution in [-0.4, -0.2) is 45.2 Å². The van der Waals surface area contributed by atoms with Crippen LogP contribution in [0.25, 0.3) is 0 Å². The van der Waals surface area contributed by atoms with E-state index in [1.165, 1.54) is 6.33 Å². The Bertz CT molecular complexity index is 366. The molecule has 2 rings (SSSR count). The van der Waals surface area contributed by atoms with E-state index in [4.69, 9.17) is 21.4 Å². The van der Waals surface area contributed by atoms with Crippen LogP contribution in [0, 0.1) is 0 Å². The summed E-state index contributed by atoms with van der Waals surface area (Å²) >= 11 is 5.69. The molecule has 1 saturated heterocycles. The van der Waals surface area contributed by atoms with Gasteiger partial charge in [-0.25, -0.2) is 9.97 Å². The third kappa shape index (κ3) is 2.59. The Labute approximate surface area is 97.2 Å². The Morgan fingerprint density at radius 1 is 1.56 bits per heavy atom. The minimum Gasteiger partial charge on any atom is -0.394 e. The second-order valence-corrected chi connectivity index (χ2v) is 3.91. The fourth-order valence-corrected chi connectivity index (χ4v) is 1.71. The van der Waals surface area contributed by atoms with Gasteiger partial charge in [0, 0.05) is 12.5 Å². The molecule has 1 aromatic rings. The molecule has 88 valence electrons. The van der Waals surface area contributed by atoms with Gasteiger partial charge < -0.3 is 20.3 Å². The SMILES string of the molecule is OC[C@H]1O[C@@H](Nc2cc(Cl)ncn2)C[C@@H]1O. The van der Waals surface area contributed by atoms with Crippen LogP contribution >= 0.6 is 11.6 Å². The van der Waals surface area contributed by atoms with E-state index in [1.807, 2.05) is 0 Å². The molecule has 0 radical (unpaired) electrons. The van der Waals surface area contributed by atoms with Crippen LogP contribution in [0.15, 0.2) is 12.4 Å². The first-order chi connectivity index (χ1) is 7.69. The molecular formula is C9H12ClN3O3. The molecular weight excluding hydrogens is 234 g/mol. The van der Waals surface area contributed by atoms with E-state index in [-0.39, 0.29) is 12.8 Å². The molecule has 0 saturated carbocycles. The monoisotopic (exact) mass is 245 g/mol. The fourth-order valence-electron chi connectivity index (χ4n) is 1.56. The van der Waals surface area contributed by atoms with Crippen molar-refractivity contribution in [1.82, 2.24) is 9.97 Å². The lowest BCUT2D eigenvalue weighted by molar-refractivity contribution is -0.0149. The maximum absolute atomic E-state index is 9.51. The number of nitrogens with one attached hydrogen (secondary N) is 1. The van der Waals surface area contributed by atoms with Gasteiger partial charge in [0.05, 0.1) is 12.7 Å². The van der Waals surface area contributed by atoms with Crippen LogP contribution in [0.4, 0.5) is 5.82 Å². The number of aliphatic hydroxyl groups is 2. The lowest BCUT2D eigenvalue weighted by atomic mass is 10.2. The molecule has 0 bridgehead atoms. The molecule has 7 heteroatoms. The Balaban J connectivity index is 1.96. The maximum Gasteiger partial charge on any atom is 0.134 e. The lowest BCUT2D eigenvalue weighted by Gasteiger charge is -2.13. The van der Waals surface area contributed by atoms with E-state index in [1.54, 1.807) is 6.07 Å². The minimum absolute atomic E-state index is 0.204. The van der Waals surface area contributed by atoms with E-state index in [0.29, 0.717) is 17.4 Å². The van der Waals surface area contributed by atoms with Crippen LogP contribution in [0.2, 0.25) is 5.15 Å². The normalized spacial score (nSPS) is 29.3. The summed E-state index contributed by atoms with van der Waals surface area (Å²) in [5.41, 5.74) is 0. The van der Waals surface area contributed by atoms with Crippen LogP contribution < -0.4 is 5.32 Å². The summed E-state index contributed by atoms with van der Waals surface area (Å²) in [6, 6.07) is 1.56. The van der Waals surface area contributed by atoms with Crippen molar-refractivity contribution in [1.29, 1.82) is 0 Å². The molecule has 0 aromatic carbocycles. The molecule has 0 amide bonds. The van der Waals surface area contributed by atoms with Gasteiger partial charge in [-0.05, 0) is 0 Å². The zero-order chi connectivity index (χ0) is 11.5. The summed E-state index contributed by atoms with van der Waals surface area (Å²) in [7, 11) is 0. The average molecular weight is 246 g/mol. The fraction of sp³-hybridized carbons (Fsp3) is 0.556. The molecule has 1 aliphatic rings. The van der Waals surface area contributed by atoms with Crippen molar-refractivity contribution in [3.8, 4) is 0 Å². The number of anilines is 1. The van der Waals surface area contributed by atoms with Crippen LogP contribution in [-0.2, 0) is 4.74 Å². The van der Waals surface area contributed by atoms with Gasteiger partial charge in [0.2, 0.25) is 0 Å². The molecule has 0 unspecified atom stereocenters. The Morgan fingerprint density at radius 2 is 2.38 bits per heavy atom. The van der Waals surface area contributed by atoms with Crippen molar-refractivity contribution in [2.45, 2.75) is 24.9 Å².